The Hall–Kier alpha value is -3.40. The summed E-state index contributed by atoms with van der Waals surface area (Å²) < 4.78 is 36.1. The van der Waals surface area contributed by atoms with Crippen molar-refractivity contribution in [2.45, 2.75) is 26.4 Å². The Morgan fingerprint density at radius 3 is 2.39 bits per heavy atom. The highest BCUT2D eigenvalue weighted by Crippen LogP contribution is 2.22. The van der Waals surface area contributed by atoms with E-state index in [9.17, 15) is 13.2 Å². The molecule has 164 valence electrons. The summed E-state index contributed by atoms with van der Waals surface area (Å²) in [7, 11) is -2.11. The molecule has 10 heteroatoms. The molecule has 0 saturated carbocycles. The molecule has 0 saturated heterocycles. The lowest BCUT2D eigenvalue weighted by atomic mass is 10.2. The summed E-state index contributed by atoms with van der Waals surface area (Å²) in [5.41, 5.74) is 2.13. The monoisotopic (exact) mass is 444 g/mol. The Bertz CT molecular complexity index is 1140. The number of sulfonamides is 1. The number of hydrogen-bond donors (Lipinski definition) is 1. The molecular weight excluding hydrogens is 420 g/mol. The molecule has 0 aliphatic carbocycles. The van der Waals surface area contributed by atoms with Gasteiger partial charge >= 0.3 is 0 Å². The number of hydrogen-bond acceptors (Lipinski definition) is 7. The minimum absolute atomic E-state index is 0.0299. The topological polar surface area (TPSA) is 115 Å². The molecule has 1 amide bonds. The Balaban J connectivity index is 1.69. The fourth-order valence-electron chi connectivity index (χ4n) is 2.99. The van der Waals surface area contributed by atoms with E-state index < -0.39 is 22.0 Å². The number of methoxy groups -OCH3 is 1. The van der Waals surface area contributed by atoms with E-state index in [4.69, 9.17) is 9.26 Å². The number of anilines is 1. The normalized spacial score (nSPS) is 12.3. The number of carbonyl (C=O) groups excluding carboxylic acids is 1. The average molecular weight is 445 g/mol. The Morgan fingerprint density at radius 1 is 1.16 bits per heavy atom. The second kappa shape index (κ2) is 9.17. The molecule has 2 aromatic carbocycles. The maximum atomic E-state index is 12.7. The van der Waals surface area contributed by atoms with Crippen LogP contribution in [0.25, 0.3) is 11.4 Å². The van der Waals surface area contributed by atoms with Crippen LogP contribution in [0.4, 0.5) is 5.69 Å². The van der Waals surface area contributed by atoms with Crippen LogP contribution in [0.15, 0.2) is 53.1 Å². The molecule has 3 rings (SSSR count). The fraction of sp³-hybridized carbons (Fsp3) is 0.286. The zero-order valence-corrected chi connectivity index (χ0v) is 18.5. The van der Waals surface area contributed by atoms with Gasteiger partial charge in [-0.3, -0.25) is 9.10 Å². The van der Waals surface area contributed by atoms with Gasteiger partial charge in [-0.2, -0.15) is 4.98 Å². The third-order valence-electron chi connectivity index (χ3n) is 4.61. The van der Waals surface area contributed by atoms with Crippen LogP contribution in [0.2, 0.25) is 0 Å². The summed E-state index contributed by atoms with van der Waals surface area (Å²) in [6.45, 7) is 3.39. The van der Waals surface area contributed by atoms with E-state index in [0.717, 1.165) is 21.7 Å². The minimum Gasteiger partial charge on any atom is -0.497 e. The molecule has 31 heavy (non-hydrogen) atoms. The van der Waals surface area contributed by atoms with Crippen LogP contribution in [0, 0.1) is 6.92 Å². The van der Waals surface area contributed by atoms with Gasteiger partial charge in [0.1, 0.15) is 11.8 Å². The van der Waals surface area contributed by atoms with E-state index in [1.54, 1.807) is 55.6 Å². The third kappa shape index (κ3) is 5.40. The lowest BCUT2D eigenvalue weighted by Gasteiger charge is -2.28. The molecule has 0 aliphatic heterocycles. The van der Waals surface area contributed by atoms with Gasteiger partial charge in [-0.15, -0.1) is 0 Å². The molecule has 1 heterocycles. The highest BCUT2D eigenvalue weighted by molar-refractivity contribution is 7.92. The number of ether oxygens (including phenoxy) is 1. The van der Waals surface area contributed by atoms with E-state index in [2.05, 4.69) is 15.5 Å². The van der Waals surface area contributed by atoms with Crippen molar-refractivity contribution >= 4 is 21.6 Å². The number of nitrogens with zero attached hydrogens (tertiary/aromatic N) is 3. The standard InChI is InChI=1S/C21H24N4O5S/c1-14-5-9-17(10-6-14)25(31(4,27)28)15(2)21(26)22-13-19-23-20(24-30-19)16-7-11-18(29-3)12-8-16/h5-12,15H,13H2,1-4H3,(H,22,26)/t15-/m1/s1. The van der Waals surface area contributed by atoms with Gasteiger partial charge in [-0.05, 0) is 50.2 Å². The van der Waals surface area contributed by atoms with Gasteiger partial charge in [0.05, 0.1) is 25.6 Å². The molecule has 0 radical (unpaired) electrons. The van der Waals surface area contributed by atoms with Crippen LogP contribution >= 0.6 is 0 Å². The maximum absolute atomic E-state index is 12.7. The molecule has 0 bridgehead atoms. The first-order chi connectivity index (χ1) is 14.7. The Kier molecular flexibility index (Phi) is 6.59. The molecule has 1 N–H and O–H groups in total. The molecular formula is C21H24N4O5S. The highest BCUT2D eigenvalue weighted by atomic mass is 32.2. The van der Waals surface area contributed by atoms with Gasteiger partial charge in [-0.1, -0.05) is 22.9 Å². The molecule has 0 fully saturated rings. The second-order valence-electron chi connectivity index (χ2n) is 7.03. The predicted octanol–water partition coefficient (Wildman–Crippen LogP) is 2.52. The van der Waals surface area contributed by atoms with Crippen molar-refractivity contribution in [3.8, 4) is 17.1 Å². The van der Waals surface area contributed by atoms with E-state index in [-0.39, 0.29) is 12.4 Å². The first kappa shape index (κ1) is 22.3. The fourth-order valence-corrected chi connectivity index (χ4v) is 4.17. The van der Waals surface area contributed by atoms with E-state index in [1.165, 1.54) is 6.92 Å². The van der Waals surface area contributed by atoms with Crippen LogP contribution in [0.1, 0.15) is 18.4 Å². The minimum atomic E-state index is -3.68. The van der Waals surface area contributed by atoms with Crippen molar-refractivity contribution in [1.29, 1.82) is 0 Å². The third-order valence-corrected chi connectivity index (χ3v) is 5.85. The summed E-state index contributed by atoms with van der Waals surface area (Å²) in [5, 5.41) is 6.56. The first-order valence-electron chi connectivity index (χ1n) is 9.50. The van der Waals surface area contributed by atoms with Crippen LogP contribution < -0.4 is 14.4 Å². The van der Waals surface area contributed by atoms with Crippen molar-refractivity contribution < 1.29 is 22.5 Å². The van der Waals surface area contributed by atoms with Crippen LogP contribution in [0.3, 0.4) is 0 Å². The Labute approximate surface area is 181 Å². The van der Waals surface area contributed by atoms with Gasteiger partial charge in [-0.25, -0.2) is 8.42 Å². The van der Waals surface area contributed by atoms with Crippen molar-refractivity contribution in [2.75, 3.05) is 17.7 Å². The van der Waals surface area contributed by atoms with E-state index >= 15 is 0 Å². The number of rotatable bonds is 8. The number of carbonyl (C=O) groups is 1. The number of nitrogens with one attached hydrogen (secondary N) is 1. The number of benzene rings is 2. The smallest absolute Gasteiger partial charge is 0.246 e. The van der Waals surface area contributed by atoms with Crippen LogP contribution in [-0.4, -0.2) is 43.9 Å². The zero-order valence-electron chi connectivity index (χ0n) is 17.7. The van der Waals surface area contributed by atoms with Gasteiger partial charge in [0.15, 0.2) is 0 Å². The SMILES string of the molecule is COc1ccc(-c2noc(CNC(=O)[C@@H](C)N(c3ccc(C)cc3)S(C)(=O)=O)n2)cc1. The van der Waals surface area contributed by atoms with Crippen LogP contribution in [-0.2, 0) is 21.4 Å². The molecule has 9 nitrogen and oxygen atoms in total. The number of amides is 1. The summed E-state index contributed by atoms with van der Waals surface area (Å²) >= 11 is 0. The average Bonchev–Trinajstić information content (AvgIpc) is 3.21. The van der Waals surface area contributed by atoms with Gasteiger partial charge < -0.3 is 14.6 Å². The molecule has 3 aromatic rings. The van der Waals surface area contributed by atoms with Crippen molar-refractivity contribution in [3.63, 3.8) is 0 Å². The summed E-state index contributed by atoms with van der Waals surface area (Å²) in [6.07, 6.45) is 1.07. The number of aryl methyl sites for hydroxylation is 1. The zero-order chi connectivity index (χ0) is 22.6. The van der Waals surface area contributed by atoms with Gasteiger partial charge in [0, 0.05) is 5.56 Å². The second-order valence-corrected chi connectivity index (χ2v) is 8.89. The number of aromatic nitrogens is 2. The summed E-state index contributed by atoms with van der Waals surface area (Å²) in [6, 6.07) is 13.1. The van der Waals surface area contributed by atoms with Gasteiger partial charge in [0.25, 0.3) is 0 Å². The summed E-state index contributed by atoms with van der Waals surface area (Å²) in [4.78, 5) is 16.9. The maximum Gasteiger partial charge on any atom is 0.246 e. The van der Waals surface area contributed by atoms with Crippen molar-refractivity contribution in [2.24, 2.45) is 0 Å². The molecule has 1 atom stereocenters. The lowest BCUT2D eigenvalue weighted by Crippen LogP contribution is -2.47. The van der Waals surface area contributed by atoms with E-state index in [0.29, 0.717) is 17.3 Å². The van der Waals surface area contributed by atoms with Crippen molar-refractivity contribution in [1.82, 2.24) is 15.5 Å². The molecule has 1 aromatic heterocycles. The van der Waals surface area contributed by atoms with Crippen molar-refractivity contribution in [3.05, 3.63) is 60.0 Å². The lowest BCUT2D eigenvalue weighted by molar-refractivity contribution is -0.122. The van der Waals surface area contributed by atoms with E-state index in [1.807, 2.05) is 6.92 Å². The highest BCUT2D eigenvalue weighted by Gasteiger charge is 2.29. The molecule has 0 aliphatic rings. The first-order valence-corrected chi connectivity index (χ1v) is 11.3. The Morgan fingerprint density at radius 2 is 1.81 bits per heavy atom. The van der Waals surface area contributed by atoms with Crippen LogP contribution in [0.5, 0.6) is 5.75 Å². The largest absolute Gasteiger partial charge is 0.497 e. The molecule has 0 unspecified atom stereocenters. The predicted molar refractivity (Wildman–Crippen MR) is 116 cm³/mol. The van der Waals surface area contributed by atoms with Gasteiger partial charge in [0.2, 0.25) is 27.6 Å². The molecule has 0 spiro atoms. The quantitative estimate of drug-likeness (QED) is 0.568. The summed E-state index contributed by atoms with van der Waals surface area (Å²) in [5.74, 6) is 0.790.